The molecule has 0 bridgehead atoms. The fraction of sp³-hybridized carbons (Fsp3) is 0.300. The van der Waals surface area contributed by atoms with E-state index in [4.69, 9.17) is 9.47 Å². The molecule has 142 valence electrons. The summed E-state index contributed by atoms with van der Waals surface area (Å²) in [6.45, 7) is 1.72. The first-order valence-corrected chi connectivity index (χ1v) is 9.67. The van der Waals surface area contributed by atoms with Crippen LogP contribution in [0.1, 0.15) is 5.56 Å². The number of para-hydroxylation sites is 3. The highest BCUT2D eigenvalue weighted by Crippen LogP contribution is 2.24. The lowest BCUT2D eigenvalue weighted by atomic mass is 10.2. The Balaban J connectivity index is 1.63. The molecule has 0 aliphatic heterocycles. The van der Waals surface area contributed by atoms with E-state index in [1.165, 1.54) is 11.8 Å². The van der Waals surface area contributed by atoms with Gasteiger partial charge in [-0.05, 0) is 18.2 Å². The van der Waals surface area contributed by atoms with Crippen LogP contribution in [0.2, 0.25) is 0 Å². The number of nitrogens with one attached hydrogen (secondary N) is 1. The zero-order valence-electron chi connectivity index (χ0n) is 15.5. The lowest BCUT2D eigenvalue weighted by Gasteiger charge is -2.10. The topological polar surface area (TPSA) is 65.4 Å². The number of imidazole rings is 1. The maximum Gasteiger partial charge on any atom is 0.230 e. The third kappa shape index (κ3) is 4.81. The van der Waals surface area contributed by atoms with Gasteiger partial charge in [0, 0.05) is 25.8 Å². The number of hydrogen-bond acceptors (Lipinski definition) is 5. The standard InChI is InChI=1S/C20H23N3O3S/c1-25-12-11-23-17-9-5-4-8-16(17)22-20(23)27-14-19(24)21-13-15-7-3-6-10-18(15)26-2/h3-10H,11-14H2,1-2H3,(H,21,24). The minimum atomic E-state index is -0.0451. The van der Waals surface area contributed by atoms with E-state index in [2.05, 4.69) is 14.9 Å². The molecule has 0 aliphatic carbocycles. The minimum absolute atomic E-state index is 0.0451. The van der Waals surface area contributed by atoms with Crippen LogP contribution in [0.15, 0.2) is 53.7 Å². The molecule has 1 aromatic heterocycles. The Kier molecular flexibility index (Phi) is 6.73. The van der Waals surface area contributed by atoms with Crippen molar-refractivity contribution in [1.29, 1.82) is 0 Å². The van der Waals surface area contributed by atoms with Crippen LogP contribution in [0, 0.1) is 0 Å². The van der Waals surface area contributed by atoms with Gasteiger partial charge in [-0.15, -0.1) is 0 Å². The van der Waals surface area contributed by atoms with Crippen LogP contribution in [-0.2, 0) is 22.6 Å². The molecule has 6 nitrogen and oxygen atoms in total. The number of fused-ring (bicyclic) bond motifs is 1. The van der Waals surface area contributed by atoms with Gasteiger partial charge in [0.15, 0.2) is 5.16 Å². The average Bonchev–Trinajstić information content (AvgIpc) is 3.06. The molecule has 1 amide bonds. The van der Waals surface area contributed by atoms with Crippen LogP contribution in [0.4, 0.5) is 0 Å². The number of carbonyl (C=O) groups excluding carboxylic acids is 1. The number of benzene rings is 2. The van der Waals surface area contributed by atoms with E-state index in [-0.39, 0.29) is 5.91 Å². The van der Waals surface area contributed by atoms with E-state index >= 15 is 0 Å². The van der Waals surface area contributed by atoms with Crippen molar-refractivity contribution < 1.29 is 14.3 Å². The highest BCUT2D eigenvalue weighted by atomic mass is 32.2. The average molecular weight is 385 g/mol. The summed E-state index contributed by atoms with van der Waals surface area (Å²) in [5.74, 6) is 1.02. The highest BCUT2D eigenvalue weighted by molar-refractivity contribution is 7.99. The largest absolute Gasteiger partial charge is 0.496 e. The Bertz CT molecular complexity index is 910. The van der Waals surface area contributed by atoms with Crippen molar-refractivity contribution in [3.05, 3.63) is 54.1 Å². The summed E-state index contributed by atoms with van der Waals surface area (Å²) in [7, 11) is 3.30. The first-order chi connectivity index (χ1) is 13.2. The summed E-state index contributed by atoms with van der Waals surface area (Å²) >= 11 is 1.43. The smallest absolute Gasteiger partial charge is 0.230 e. The number of rotatable bonds is 9. The SMILES string of the molecule is COCCn1c(SCC(=O)NCc2ccccc2OC)nc2ccccc21. The Morgan fingerprint density at radius 3 is 2.74 bits per heavy atom. The molecule has 0 radical (unpaired) electrons. The Morgan fingerprint density at radius 1 is 1.15 bits per heavy atom. The quantitative estimate of drug-likeness (QED) is 0.574. The van der Waals surface area contributed by atoms with E-state index in [0.717, 1.165) is 27.5 Å². The second kappa shape index (κ2) is 9.43. The molecule has 0 saturated carbocycles. The van der Waals surface area contributed by atoms with Gasteiger partial charge in [0.05, 0.1) is 30.5 Å². The molecule has 1 N–H and O–H groups in total. The molecule has 0 fully saturated rings. The van der Waals surface area contributed by atoms with Gasteiger partial charge in [-0.3, -0.25) is 4.79 Å². The van der Waals surface area contributed by atoms with E-state index in [1.807, 2.05) is 48.5 Å². The summed E-state index contributed by atoms with van der Waals surface area (Å²) in [4.78, 5) is 16.9. The Morgan fingerprint density at radius 2 is 1.93 bits per heavy atom. The predicted octanol–water partition coefficient (Wildman–Crippen LogP) is 3.10. The molecule has 27 heavy (non-hydrogen) atoms. The summed E-state index contributed by atoms with van der Waals surface area (Å²) in [5.41, 5.74) is 2.92. The summed E-state index contributed by atoms with van der Waals surface area (Å²) < 4.78 is 12.6. The molecule has 0 unspecified atom stereocenters. The minimum Gasteiger partial charge on any atom is -0.496 e. The van der Waals surface area contributed by atoms with Crippen LogP contribution < -0.4 is 10.1 Å². The van der Waals surface area contributed by atoms with Crippen LogP contribution in [-0.4, -0.2) is 42.0 Å². The van der Waals surface area contributed by atoms with Crippen molar-refractivity contribution in [1.82, 2.24) is 14.9 Å². The molecule has 1 heterocycles. The molecular formula is C20H23N3O3S. The molecule has 2 aromatic carbocycles. The van der Waals surface area contributed by atoms with Crippen molar-refractivity contribution >= 4 is 28.7 Å². The molecule has 7 heteroatoms. The number of thioether (sulfide) groups is 1. The van der Waals surface area contributed by atoms with Gasteiger partial charge in [-0.25, -0.2) is 4.98 Å². The fourth-order valence-electron chi connectivity index (χ4n) is 2.79. The third-order valence-electron chi connectivity index (χ3n) is 4.14. The van der Waals surface area contributed by atoms with Gasteiger partial charge in [0.25, 0.3) is 0 Å². The van der Waals surface area contributed by atoms with E-state index in [1.54, 1.807) is 14.2 Å². The Labute approximate surface area is 162 Å². The maximum absolute atomic E-state index is 12.3. The van der Waals surface area contributed by atoms with Crippen molar-refractivity contribution in [2.24, 2.45) is 0 Å². The van der Waals surface area contributed by atoms with Crippen molar-refractivity contribution in [3.63, 3.8) is 0 Å². The van der Waals surface area contributed by atoms with Gasteiger partial charge < -0.3 is 19.4 Å². The Hall–Kier alpha value is -2.51. The number of amides is 1. The summed E-state index contributed by atoms with van der Waals surface area (Å²) in [6.07, 6.45) is 0. The first-order valence-electron chi connectivity index (χ1n) is 8.68. The third-order valence-corrected chi connectivity index (χ3v) is 5.12. The molecule has 0 spiro atoms. The monoisotopic (exact) mass is 385 g/mol. The number of carbonyl (C=O) groups is 1. The van der Waals surface area contributed by atoms with Crippen molar-refractivity contribution in [2.75, 3.05) is 26.6 Å². The first kappa shape index (κ1) is 19.3. The second-order valence-corrected chi connectivity index (χ2v) is 6.85. The number of nitrogens with zero attached hydrogens (tertiary/aromatic N) is 2. The van der Waals surface area contributed by atoms with Crippen LogP contribution >= 0.6 is 11.8 Å². The maximum atomic E-state index is 12.3. The van der Waals surface area contributed by atoms with Crippen LogP contribution in [0.25, 0.3) is 11.0 Å². The molecular weight excluding hydrogens is 362 g/mol. The van der Waals surface area contributed by atoms with Gasteiger partial charge in [-0.2, -0.15) is 0 Å². The van der Waals surface area contributed by atoms with E-state index in [0.29, 0.717) is 25.4 Å². The number of aromatic nitrogens is 2. The van der Waals surface area contributed by atoms with Gasteiger partial charge in [-0.1, -0.05) is 42.1 Å². The summed E-state index contributed by atoms with van der Waals surface area (Å²) in [5, 5.41) is 3.76. The fourth-order valence-corrected chi connectivity index (χ4v) is 3.66. The second-order valence-electron chi connectivity index (χ2n) is 5.90. The van der Waals surface area contributed by atoms with Gasteiger partial charge >= 0.3 is 0 Å². The molecule has 0 aliphatic rings. The number of methoxy groups -OCH3 is 2. The van der Waals surface area contributed by atoms with E-state index < -0.39 is 0 Å². The van der Waals surface area contributed by atoms with Crippen molar-refractivity contribution in [2.45, 2.75) is 18.2 Å². The molecule has 0 saturated heterocycles. The van der Waals surface area contributed by atoms with Crippen LogP contribution in [0.5, 0.6) is 5.75 Å². The lowest BCUT2D eigenvalue weighted by molar-refractivity contribution is -0.118. The molecule has 3 aromatic rings. The molecule has 0 atom stereocenters. The zero-order valence-corrected chi connectivity index (χ0v) is 16.3. The van der Waals surface area contributed by atoms with Gasteiger partial charge in [0.2, 0.25) is 5.91 Å². The number of ether oxygens (including phenoxy) is 2. The predicted molar refractivity (Wildman–Crippen MR) is 107 cm³/mol. The van der Waals surface area contributed by atoms with E-state index in [9.17, 15) is 4.79 Å². The normalized spacial score (nSPS) is 10.9. The van der Waals surface area contributed by atoms with Crippen LogP contribution in [0.3, 0.4) is 0 Å². The number of hydrogen-bond donors (Lipinski definition) is 1. The molecule has 3 rings (SSSR count). The van der Waals surface area contributed by atoms with Crippen molar-refractivity contribution in [3.8, 4) is 5.75 Å². The highest BCUT2D eigenvalue weighted by Gasteiger charge is 2.13. The summed E-state index contributed by atoms with van der Waals surface area (Å²) in [6, 6.07) is 15.6. The van der Waals surface area contributed by atoms with Gasteiger partial charge in [0.1, 0.15) is 5.75 Å². The zero-order chi connectivity index (χ0) is 19.1. The lowest BCUT2D eigenvalue weighted by Crippen LogP contribution is -2.25.